The summed E-state index contributed by atoms with van der Waals surface area (Å²) >= 11 is 1.63. The normalized spacial score (nSPS) is 21.6. The van der Waals surface area contributed by atoms with Gasteiger partial charge in [-0.15, -0.1) is 11.3 Å². The summed E-state index contributed by atoms with van der Waals surface area (Å²) in [6.07, 6.45) is 10.5. The summed E-state index contributed by atoms with van der Waals surface area (Å²) in [4.78, 5) is 34.9. The van der Waals surface area contributed by atoms with Crippen molar-refractivity contribution in [1.29, 1.82) is 0 Å². The molecule has 1 aliphatic heterocycles. The monoisotopic (exact) mass is 430 g/mol. The first-order valence-corrected chi connectivity index (χ1v) is 12.1. The Balaban J connectivity index is 1.29. The number of rotatable bonds is 5. The molecule has 1 saturated carbocycles. The van der Waals surface area contributed by atoms with Gasteiger partial charge in [0.15, 0.2) is 0 Å². The summed E-state index contributed by atoms with van der Waals surface area (Å²) in [5, 5.41) is 3.89. The Hall–Kier alpha value is -1.77. The number of carbonyl (C=O) groups is 1. The zero-order chi connectivity index (χ0) is 20.6. The van der Waals surface area contributed by atoms with Crippen molar-refractivity contribution in [3.8, 4) is 0 Å². The third-order valence-electron chi connectivity index (χ3n) is 7.09. The van der Waals surface area contributed by atoms with Crippen LogP contribution in [0.15, 0.2) is 11.1 Å². The summed E-state index contributed by atoms with van der Waals surface area (Å²) in [5.74, 6) is -0.108. The van der Waals surface area contributed by atoms with Crippen molar-refractivity contribution in [2.24, 2.45) is 0 Å². The first-order chi connectivity index (χ1) is 14.7. The lowest BCUT2D eigenvalue weighted by Gasteiger charge is -2.48. The number of ether oxygens (including phenoxy) is 1. The molecule has 2 fully saturated rings. The van der Waals surface area contributed by atoms with Gasteiger partial charge in [-0.2, -0.15) is 0 Å². The van der Waals surface area contributed by atoms with E-state index in [1.807, 2.05) is 0 Å². The molecule has 8 heteroatoms. The lowest BCUT2D eigenvalue weighted by Crippen LogP contribution is -2.59. The van der Waals surface area contributed by atoms with Crippen molar-refractivity contribution < 1.29 is 9.53 Å². The van der Waals surface area contributed by atoms with Crippen molar-refractivity contribution in [1.82, 2.24) is 19.8 Å². The standard InChI is InChI=1S/C22H30N4O3S/c27-18(23-14-22(7-2-1-3-8-22)26-9-11-29-12-10-26)13-25-15-24-20-19(21(25)28)16-5-4-6-17(16)30-20/h15H,1-14H2,(H,23,27). The second-order valence-electron chi connectivity index (χ2n) is 8.88. The summed E-state index contributed by atoms with van der Waals surface area (Å²) in [7, 11) is 0. The smallest absolute Gasteiger partial charge is 0.262 e. The number of amides is 1. The lowest BCUT2D eigenvalue weighted by molar-refractivity contribution is -0.123. The molecule has 2 aromatic rings. The van der Waals surface area contributed by atoms with Crippen LogP contribution in [0.3, 0.4) is 0 Å². The fourth-order valence-corrected chi connectivity index (χ4v) is 6.68. The highest BCUT2D eigenvalue weighted by Gasteiger charge is 2.38. The number of carbonyl (C=O) groups excluding carboxylic acids is 1. The number of fused-ring (bicyclic) bond motifs is 3. The van der Waals surface area contributed by atoms with Gasteiger partial charge in [0.1, 0.15) is 11.4 Å². The van der Waals surface area contributed by atoms with Gasteiger partial charge in [0.05, 0.1) is 24.9 Å². The lowest BCUT2D eigenvalue weighted by atomic mass is 9.79. The fourth-order valence-electron chi connectivity index (χ4n) is 5.46. The molecule has 7 nitrogen and oxygen atoms in total. The maximum absolute atomic E-state index is 13.0. The van der Waals surface area contributed by atoms with Crippen LogP contribution >= 0.6 is 11.3 Å². The van der Waals surface area contributed by atoms with Gasteiger partial charge in [-0.25, -0.2) is 4.98 Å². The molecule has 1 saturated heterocycles. The summed E-state index contributed by atoms with van der Waals surface area (Å²) < 4.78 is 7.02. The zero-order valence-corrected chi connectivity index (χ0v) is 18.3. The van der Waals surface area contributed by atoms with Gasteiger partial charge >= 0.3 is 0 Å². The molecule has 2 aromatic heterocycles. The summed E-state index contributed by atoms with van der Waals surface area (Å²) in [6, 6.07) is 0. The number of hydrogen-bond donors (Lipinski definition) is 1. The molecule has 0 aromatic carbocycles. The third-order valence-corrected chi connectivity index (χ3v) is 8.29. The Bertz CT molecular complexity index is 986. The van der Waals surface area contributed by atoms with Gasteiger partial charge in [-0.1, -0.05) is 19.3 Å². The molecule has 5 rings (SSSR count). The molecule has 0 bridgehead atoms. The first-order valence-electron chi connectivity index (χ1n) is 11.3. The topological polar surface area (TPSA) is 76.5 Å². The van der Waals surface area contributed by atoms with Crippen molar-refractivity contribution in [3.63, 3.8) is 0 Å². The number of nitrogens with one attached hydrogen (secondary N) is 1. The van der Waals surface area contributed by atoms with Crippen LogP contribution in [0, 0.1) is 0 Å². The maximum atomic E-state index is 13.0. The third kappa shape index (κ3) is 3.69. The second-order valence-corrected chi connectivity index (χ2v) is 9.96. The van der Waals surface area contributed by atoms with Crippen LogP contribution in [0.1, 0.15) is 49.0 Å². The number of aryl methyl sites for hydroxylation is 2. The highest BCUT2D eigenvalue weighted by Crippen LogP contribution is 2.35. The van der Waals surface area contributed by atoms with E-state index < -0.39 is 0 Å². The number of morpholine rings is 1. The molecule has 1 N–H and O–H groups in total. The van der Waals surface area contributed by atoms with Gasteiger partial charge < -0.3 is 10.1 Å². The predicted molar refractivity (Wildman–Crippen MR) is 117 cm³/mol. The number of aromatic nitrogens is 2. The van der Waals surface area contributed by atoms with Gasteiger partial charge in [-0.3, -0.25) is 19.1 Å². The second kappa shape index (κ2) is 8.40. The first kappa shape index (κ1) is 20.2. The minimum atomic E-state index is -0.108. The van der Waals surface area contributed by atoms with E-state index >= 15 is 0 Å². The minimum Gasteiger partial charge on any atom is -0.379 e. The van der Waals surface area contributed by atoms with Crippen LogP contribution in [0.2, 0.25) is 0 Å². The molecule has 3 aliphatic rings. The number of hydrogen-bond acceptors (Lipinski definition) is 6. The number of nitrogens with zero attached hydrogens (tertiary/aromatic N) is 3. The highest BCUT2D eigenvalue weighted by molar-refractivity contribution is 7.18. The van der Waals surface area contributed by atoms with Gasteiger partial charge in [-0.05, 0) is 37.7 Å². The van der Waals surface area contributed by atoms with E-state index in [1.54, 1.807) is 11.3 Å². The molecular weight excluding hydrogens is 400 g/mol. The maximum Gasteiger partial charge on any atom is 0.262 e. The molecule has 0 atom stereocenters. The quantitative estimate of drug-likeness (QED) is 0.786. The molecule has 2 aliphatic carbocycles. The van der Waals surface area contributed by atoms with Gasteiger partial charge in [0.2, 0.25) is 5.91 Å². The van der Waals surface area contributed by atoms with E-state index in [-0.39, 0.29) is 23.6 Å². The molecule has 0 unspecified atom stereocenters. The SMILES string of the molecule is O=C(Cn1cnc2sc3c(c2c1=O)CCC3)NCC1(N2CCOCC2)CCCCC1. The molecule has 1 amide bonds. The minimum absolute atomic E-state index is 0.0268. The Morgan fingerprint density at radius 1 is 1.17 bits per heavy atom. The molecule has 30 heavy (non-hydrogen) atoms. The van der Waals surface area contributed by atoms with Crippen molar-refractivity contribution in [2.75, 3.05) is 32.8 Å². The molecule has 0 radical (unpaired) electrons. The molecular formula is C22H30N4O3S. The van der Waals surface area contributed by atoms with E-state index in [2.05, 4.69) is 15.2 Å². The summed E-state index contributed by atoms with van der Waals surface area (Å²) in [6.45, 7) is 4.07. The fraction of sp³-hybridized carbons (Fsp3) is 0.682. The van der Waals surface area contributed by atoms with Crippen molar-refractivity contribution in [2.45, 2.75) is 63.5 Å². The van der Waals surface area contributed by atoms with Crippen LogP contribution in [-0.2, 0) is 28.9 Å². The predicted octanol–water partition coefficient (Wildman–Crippen LogP) is 2.10. The zero-order valence-electron chi connectivity index (χ0n) is 17.5. The van der Waals surface area contributed by atoms with Crippen molar-refractivity contribution in [3.05, 3.63) is 27.1 Å². The Morgan fingerprint density at radius 2 is 1.97 bits per heavy atom. The van der Waals surface area contributed by atoms with E-state index in [4.69, 9.17) is 4.74 Å². The van der Waals surface area contributed by atoms with Crippen LogP contribution in [-0.4, -0.2) is 58.7 Å². The van der Waals surface area contributed by atoms with E-state index in [9.17, 15) is 9.59 Å². The van der Waals surface area contributed by atoms with Gasteiger partial charge in [0, 0.05) is 30.1 Å². The highest BCUT2D eigenvalue weighted by atomic mass is 32.1. The summed E-state index contributed by atoms with van der Waals surface area (Å²) in [5.41, 5.74) is 1.12. The van der Waals surface area contributed by atoms with Crippen LogP contribution in [0.4, 0.5) is 0 Å². The van der Waals surface area contributed by atoms with Gasteiger partial charge in [0.25, 0.3) is 5.56 Å². The van der Waals surface area contributed by atoms with E-state index in [0.29, 0.717) is 6.54 Å². The molecule has 3 heterocycles. The molecule has 162 valence electrons. The Kier molecular flexibility index (Phi) is 5.64. The Morgan fingerprint density at radius 3 is 2.77 bits per heavy atom. The van der Waals surface area contributed by atoms with E-state index in [0.717, 1.165) is 74.2 Å². The van der Waals surface area contributed by atoms with Crippen LogP contribution in [0.25, 0.3) is 10.2 Å². The van der Waals surface area contributed by atoms with Crippen molar-refractivity contribution >= 4 is 27.5 Å². The Labute approximate surface area is 180 Å². The largest absolute Gasteiger partial charge is 0.379 e. The number of thiophene rings is 1. The van der Waals surface area contributed by atoms with Crippen LogP contribution < -0.4 is 10.9 Å². The average molecular weight is 431 g/mol. The van der Waals surface area contributed by atoms with E-state index in [1.165, 1.54) is 35.0 Å². The van der Waals surface area contributed by atoms with Crippen LogP contribution in [0.5, 0.6) is 0 Å². The molecule has 0 spiro atoms. The average Bonchev–Trinajstić information content (AvgIpc) is 3.37.